The van der Waals surface area contributed by atoms with Crippen LogP contribution in [0.4, 0.5) is 0 Å². The van der Waals surface area contributed by atoms with Crippen molar-refractivity contribution < 1.29 is 10.2 Å². The highest BCUT2D eigenvalue weighted by Crippen LogP contribution is 2.28. The molecule has 0 saturated heterocycles. The van der Waals surface area contributed by atoms with Gasteiger partial charge >= 0.3 is 0 Å². The first-order valence-corrected chi connectivity index (χ1v) is 5.97. The highest BCUT2D eigenvalue weighted by Gasteiger charge is 2.16. The van der Waals surface area contributed by atoms with Gasteiger partial charge in [-0.05, 0) is 24.9 Å². The van der Waals surface area contributed by atoms with Gasteiger partial charge < -0.3 is 15.5 Å². The van der Waals surface area contributed by atoms with E-state index in [9.17, 15) is 5.11 Å². The lowest BCUT2D eigenvalue weighted by molar-refractivity contribution is 0.292. The van der Waals surface area contributed by atoms with E-state index in [-0.39, 0.29) is 11.5 Å². The fraction of sp³-hybridized carbons (Fsp3) is 0.538. The molecule has 0 aliphatic heterocycles. The molecule has 1 aromatic rings. The van der Waals surface area contributed by atoms with Crippen LogP contribution in [0.3, 0.4) is 0 Å². The van der Waals surface area contributed by atoms with Gasteiger partial charge in [0.15, 0.2) is 0 Å². The van der Waals surface area contributed by atoms with Crippen LogP contribution in [-0.4, -0.2) is 16.8 Å². The average Bonchev–Trinajstić information content (AvgIpc) is 2.18. The van der Waals surface area contributed by atoms with Gasteiger partial charge in [0.1, 0.15) is 11.5 Å². The van der Waals surface area contributed by atoms with E-state index < -0.39 is 0 Å². The topological polar surface area (TPSA) is 52.5 Å². The van der Waals surface area contributed by atoms with E-state index in [1.54, 1.807) is 12.1 Å². The quantitative estimate of drug-likeness (QED) is 0.669. The lowest BCUT2D eigenvalue weighted by Gasteiger charge is -2.25. The molecule has 88 valence electrons. The van der Waals surface area contributed by atoms with Gasteiger partial charge in [0.2, 0.25) is 0 Å². The number of hydrogen-bond acceptors (Lipinski definition) is 3. The first-order chi connectivity index (χ1) is 7.75. The predicted molar refractivity (Wildman–Crippen MR) is 63.4 cm³/mol. The molecule has 0 heterocycles. The van der Waals surface area contributed by atoms with Crippen LogP contribution in [0.5, 0.6) is 11.5 Å². The third-order valence-electron chi connectivity index (χ3n) is 3.34. The van der Waals surface area contributed by atoms with Gasteiger partial charge in [0.25, 0.3) is 0 Å². The smallest absolute Gasteiger partial charge is 0.123 e. The van der Waals surface area contributed by atoms with Crippen LogP contribution in [0.2, 0.25) is 0 Å². The van der Waals surface area contributed by atoms with Crippen molar-refractivity contribution in [3.63, 3.8) is 0 Å². The van der Waals surface area contributed by atoms with Crippen LogP contribution in [0.15, 0.2) is 18.2 Å². The number of phenolic OH excluding ortho intramolecular Hbond substituents is 2. The van der Waals surface area contributed by atoms with Crippen molar-refractivity contribution in [2.45, 2.75) is 32.2 Å². The van der Waals surface area contributed by atoms with Crippen molar-refractivity contribution in [3.8, 4) is 11.5 Å². The highest BCUT2D eigenvalue weighted by molar-refractivity contribution is 5.38. The second-order valence-electron chi connectivity index (χ2n) is 4.58. The van der Waals surface area contributed by atoms with E-state index in [0.717, 1.165) is 18.0 Å². The summed E-state index contributed by atoms with van der Waals surface area (Å²) in [4.78, 5) is 0. The monoisotopic (exact) mass is 221 g/mol. The summed E-state index contributed by atoms with van der Waals surface area (Å²) in [6.07, 6.45) is 5.39. The fourth-order valence-electron chi connectivity index (χ4n) is 2.01. The standard InChI is InChI=1S/C13H19NO2/c15-12-5-4-11(13(16)8-12)9-14-7-6-10-2-1-3-10/h4-5,8,10,14-16H,1-3,6-7,9H2. The Hall–Kier alpha value is -1.22. The maximum absolute atomic E-state index is 9.56. The van der Waals surface area contributed by atoms with E-state index in [1.165, 1.54) is 31.7 Å². The van der Waals surface area contributed by atoms with E-state index >= 15 is 0 Å². The van der Waals surface area contributed by atoms with Gasteiger partial charge in [0, 0.05) is 18.2 Å². The van der Waals surface area contributed by atoms with E-state index in [0.29, 0.717) is 6.54 Å². The number of nitrogens with one attached hydrogen (secondary N) is 1. The summed E-state index contributed by atoms with van der Waals surface area (Å²) in [7, 11) is 0. The van der Waals surface area contributed by atoms with Crippen molar-refractivity contribution in [1.29, 1.82) is 0 Å². The lowest BCUT2D eigenvalue weighted by Crippen LogP contribution is -2.21. The molecule has 3 N–H and O–H groups in total. The Bertz CT molecular complexity index is 348. The normalized spacial score (nSPS) is 16.0. The second-order valence-corrected chi connectivity index (χ2v) is 4.58. The van der Waals surface area contributed by atoms with Crippen molar-refractivity contribution in [2.75, 3.05) is 6.54 Å². The SMILES string of the molecule is Oc1ccc(CNCCC2CCC2)c(O)c1. The second kappa shape index (κ2) is 5.21. The summed E-state index contributed by atoms with van der Waals surface area (Å²) in [5.74, 6) is 1.19. The van der Waals surface area contributed by atoms with Gasteiger partial charge in [-0.25, -0.2) is 0 Å². The molecular formula is C13H19NO2. The van der Waals surface area contributed by atoms with Crippen LogP contribution in [-0.2, 0) is 6.54 Å². The Morgan fingerprint density at radius 1 is 1.25 bits per heavy atom. The maximum atomic E-state index is 9.56. The van der Waals surface area contributed by atoms with Gasteiger partial charge in [-0.3, -0.25) is 0 Å². The minimum Gasteiger partial charge on any atom is -0.508 e. The fourth-order valence-corrected chi connectivity index (χ4v) is 2.01. The molecule has 0 unspecified atom stereocenters. The number of benzene rings is 1. The minimum absolute atomic E-state index is 0.107. The molecule has 0 aromatic heterocycles. The summed E-state index contributed by atoms with van der Waals surface area (Å²) in [5.41, 5.74) is 0.839. The predicted octanol–water partition coefficient (Wildman–Crippen LogP) is 2.38. The van der Waals surface area contributed by atoms with Crippen LogP contribution in [0.1, 0.15) is 31.2 Å². The number of hydrogen-bond donors (Lipinski definition) is 3. The molecule has 1 aromatic carbocycles. The van der Waals surface area contributed by atoms with Gasteiger partial charge in [0.05, 0.1) is 0 Å². The van der Waals surface area contributed by atoms with E-state index in [1.807, 2.05) is 0 Å². The summed E-state index contributed by atoms with van der Waals surface area (Å²) in [5, 5.41) is 22.0. The lowest BCUT2D eigenvalue weighted by atomic mass is 9.83. The first-order valence-electron chi connectivity index (χ1n) is 5.97. The molecule has 1 fully saturated rings. The Morgan fingerprint density at radius 2 is 2.06 bits per heavy atom. The van der Waals surface area contributed by atoms with Crippen LogP contribution in [0, 0.1) is 5.92 Å². The summed E-state index contributed by atoms with van der Waals surface area (Å²) >= 11 is 0. The van der Waals surface area contributed by atoms with Crippen LogP contribution >= 0.6 is 0 Å². The number of rotatable bonds is 5. The summed E-state index contributed by atoms with van der Waals surface area (Å²) < 4.78 is 0. The molecule has 2 rings (SSSR count). The van der Waals surface area contributed by atoms with E-state index in [4.69, 9.17) is 5.11 Å². The summed E-state index contributed by atoms with van der Waals surface area (Å²) in [6.45, 7) is 1.67. The van der Waals surface area contributed by atoms with Crippen LogP contribution in [0.25, 0.3) is 0 Å². The molecule has 1 saturated carbocycles. The van der Waals surface area contributed by atoms with Gasteiger partial charge in [-0.2, -0.15) is 0 Å². The Morgan fingerprint density at radius 3 is 2.69 bits per heavy atom. The van der Waals surface area contributed by atoms with Crippen molar-refractivity contribution in [1.82, 2.24) is 5.32 Å². The van der Waals surface area contributed by atoms with Crippen molar-refractivity contribution in [2.24, 2.45) is 5.92 Å². The zero-order valence-electron chi connectivity index (χ0n) is 9.45. The molecule has 0 amide bonds. The average molecular weight is 221 g/mol. The third kappa shape index (κ3) is 2.89. The van der Waals surface area contributed by atoms with Gasteiger partial charge in [-0.15, -0.1) is 0 Å². The summed E-state index contributed by atoms with van der Waals surface area (Å²) in [6, 6.07) is 4.73. The molecule has 0 spiro atoms. The number of phenols is 2. The van der Waals surface area contributed by atoms with Crippen molar-refractivity contribution in [3.05, 3.63) is 23.8 Å². The zero-order valence-corrected chi connectivity index (χ0v) is 9.45. The number of aromatic hydroxyl groups is 2. The Balaban J connectivity index is 1.71. The molecule has 0 bridgehead atoms. The minimum atomic E-state index is 0.107. The molecular weight excluding hydrogens is 202 g/mol. The molecule has 0 radical (unpaired) electrons. The molecule has 0 atom stereocenters. The first kappa shape index (κ1) is 11.3. The maximum Gasteiger partial charge on any atom is 0.123 e. The molecule has 3 heteroatoms. The van der Waals surface area contributed by atoms with Crippen LogP contribution < -0.4 is 5.32 Å². The molecule has 3 nitrogen and oxygen atoms in total. The highest BCUT2D eigenvalue weighted by atomic mass is 16.3. The molecule has 1 aliphatic carbocycles. The zero-order chi connectivity index (χ0) is 11.4. The Kier molecular flexibility index (Phi) is 3.67. The van der Waals surface area contributed by atoms with Gasteiger partial charge in [-0.1, -0.05) is 25.3 Å². The van der Waals surface area contributed by atoms with E-state index in [2.05, 4.69) is 5.32 Å². The largest absolute Gasteiger partial charge is 0.508 e. The molecule has 1 aliphatic rings. The third-order valence-corrected chi connectivity index (χ3v) is 3.34. The van der Waals surface area contributed by atoms with Crippen molar-refractivity contribution >= 4 is 0 Å². The Labute approximate surface area is 96.1 Å². The molecule has 16 heavy (non-hydrogen) atoms.